The van der Waals surface area contributed by atoms with Gasteiger partial charge in [0.05, 0.1) is 11.9 Å². The van der Waals surface area contributed by atoms with Crippen molar-refractivity contribution >= 4 is 21.4 Å². The Labute approximate surface area is 115 Å². The number of fused-ring (bicyclic) bond motifs is 1. The second-order valence-electron chi connectivity index (χ2n) is 4.59. The summed E-state index contributed by atoms with van der Waals surface area (Å²) in [5, 5.41) is 4.71. The number of unbranched alkanes of at least 4 members (excludes halogenated alkanes) is 1. The molecule has 19 heavy (non-hydrogen) atoms. The van der Waals surface area contributed by atoms with Gasteiger partial charge in [0.25, 0.3) is 0 Å². The molecule has 0 radical (unpaired) electrons. The number of nitrogen functional groups attached to an aromatic ring is 1. The van der Waals surface area contributed by atoms with Crippen molar-refractivity contribution in [1.29, 1.82) is 0 Å². The fraction of sp³-hybridized carbons (Fsp3) is 0.286. The van der Waals surface area contributed by atoms with Gasteiger partial charge in [-0.05, 0) is 18.4 Å². The zero-order valence-electron chi connectivity index (χ0n) is 10.8. The molecular formula is C14H16N4S. The summed E-state index contributed by atoms with van der Waals surface area (Å²) in [7, 11) is 0. The first kappa shape index (κ1) is 12.2. The molecule has 0 aliphatic carbocycles. The Hall–Kier alpha value is -1.88. The minimum absolute atomic E-state index is 0.545. The molecule has 0 saturated carbocycles. The van der Waals surface area contributed by atoms with Crippen molar-refractivity contribution in [2.75, 3.05) is 5.73 Å². The molecule has 1 aromatic carbocycles. The standard InChI is InChI=1S/C14H16N4S/c1-2-3-4-10-5-7-11(8-6-10)12-9-18-14(16-12)19-13(15)17-18/h5-9H,2-4H2,1H3,(H2,15,17). The SMILES string of the molecule is CCCCc1ccc(-c2cn3nc(N)sc3n2)cc1. The molecule has 0 saturated heterocycles. The lowest BCUT2D eigenvalue weighted by atomic mass is 10.1. The van der Waals surface area contributed by atoms with E-state index in [1.54, 1.807) is 4.52 Å². The Bertz CT molecular complexity index is 650. The highest BCUT2D eigenvalue weighted by Crippen LogP contribution is 2.23. The largest absolute Gasteiger partial charge is 0.374 e. The fourth-order valence-electron chi connectivity index (χ4n) is 2.08. The van der Waals surface area contributed by atoms with Crippen LogP contribution in [0.5, 0.6) is 0 Å². The molecule has 0 aliphatic heterocycles. The first-order chi connectivity index (χ1) is 9.26. The average molecular weight is 272 g/mol. The van der Waals surface area contributed by atoms with Crippen LogP contribution in [-0.4, -0.2) is 14.6 Å². The number of aryl methyl sites for hydroxylation is 1. The quantitative estimate of drug-likeness (QED) is 0.792. The maximum absolute atomic E-state index is 5.64. The molecule has 0 atom stereocenters. The molecule has 5 heteroatoms. The van der Waals surface area contributed by atoms with E-state index in [0.717, 1.165) is 22.6 Å². The lowest BCUT2D eigenvalue weighted by Gasteiger charge is -2.01. The van der Waals surface area contributed by atoms with Crippen molar-refractivity contribution in [2.24, 2.45) is 0 Å². The second-order valence-corrected chi connectivity index (χ2v) is 5.58. The maximum Gasteiger partial charge on any atom is 0.214 e. The maximum atomic E-state index is 5.64. The van der Waals surface area contributed by atoms with Gasteiger partial charge >= 0.3 is 0 Å². The topological polar surface area (TPSA) is 56.2 Å². The number of nitrogens with two attached hydrogens (primary N) is 1. The summed E-state index contributed by atoms with van der Waals surface area (Å²) >= 11 is 1.40. The Morgan fingerprint density at radius 2 is 2.05 bits per heavy atom. The molecule has 0 aliphatic rings. The Kier molecular flexibility index (Phi) is 3.21. The van der Waals surface area contributed by atoms with E-state index in [4.69, 9.17) is 5.73 Å². The molecule has 0 amide bonds. The number of hydrogen-bond acceptors (Lipinski definition) is 4. The summed E-state index contributed by atoms with van der Waals surface area (Å²) in [5.41, 5.74) is 9.09. The van der Waals surface area contributed by atoms with E-state index in [2.05, 4.69) is 41.3 Å². The predicted molar refractivity (Wildman–Crippen MR) is 79.3 cm³/mol. The number of nitrogens with zero attached hydrogens (tertiary/aromatic N) is 3. The summed E-state index contributed by atoms with van der Waals surface area (Å²) < 4.78 is 1.74. The van der Waals surface area contributed by atoms with E-state index in [0.29, 0.717) is 5.13 Å². The van der Waals surface area contributed by atoms with E-state index >= 15 is 0 Å². The van der Waals surface area contributed by atoms with Crippen LogP contribution in [0.2, 0.25) is 0 Å². The lowest BCUT2D eigenvalue weighted by Crippen LogP contribution is -1.86. The number of imidazole rings is 1. The van der Waals surface area contributed by atoms with Gasteiger partial charge in [0, 0.05) is 5.56 Å². The highest BCUT2D eigenvalue weighted by atomic mass is 32.1. The van der Waals surface area contributed by atoms with Crippen LogP contribution in [0.3, 0.4) is 0 Å². The summed E-state index contributed by atoms with van der Waals surface area (Å²) in [6.07, 6.45) is 5.53. The van der Waals surface area contributed by atoms with Gasteiger partial charge in [-0.2, -0.15) is 0 Å². The van der Waals surface area contributed by atoms with Crippen LogP contribution in [-0.2, 0) is 6.42 Å². The highest BCUT2D eigenvalue weighted by molar-refractivity contribution is 7.20. The Morgan fingerprint density at radius 3 is 2.74 bits per heavy atom. The van der Waals surface area contributed by atoms with E-state index in [1.807, 2.05) is 6.20 Å². The van der Waals surface area contributed by atoms with E-state index in [9.17, 15) is 0 Å². The van der Waals surface area contributed by atoms with Crippen LogP contribution in [0.4, 0.5) is 5.13 Å². The van der Waals surface area contributed by atoms with Gasteiger partial charge in [-0.15, -0.1) is 5.10 Å². The number of anilines is 1. The highest BCUT2D eigenvalue weighted by Gasteiger charge is 2.07. The number of benzene rings is 1. The van der Waals surface area contributed by atoms with E-state index in [1.165, 1.54) is 29.7 Å². The number of aromatic nitrogens is 3. The van der Waals surface area contributed by atoms with Crippen LogP contribution in [0, 0.1) is 0 Å². The fourth-order valence-corrected chi connectivity index (χ4v) is 2.72. The normalized spacial score (nSPS) is 11.2. The van der Waals surface area contributed by atoms with Crippen molar-refractivity contribution < 1.29 is 0 Å². The minimum Gasteiger partial charge on any atom is -0.374 e. The van der Waals surface area contributed by atoms with Crippen molar-refractivity contribution in [3.8, 4) is 11.3 Å². The van der Waals surface area contributed by atoms with Crippen molar-refractivity contribution in [3.63, 3.8) is 0 Å². The van der Waals surface area contributed by atoms with Gasteiger partial charge in [-0.25, -0.2) is 9.50 Å². The molecule has 0 bridgehead atoms. The van der Waals surface area contributed by atoms with Gasteiger partial charge in [-0.1, -0.05) is 48.9 Å². The number of rotatable bonds is 4. The first-order valence-electron chi connectivity index (χ1n) is 6.47. The summed E-state index contributed by atoms with van der Waals surface area (Å²) in [4.78, 5) is 5.37. The monoisotopic (exact) mass is 272 g/mol. The Morgan fingerprint density at radius 1 is 1.26 bits per heavy atom. The van der Waals surface area contributed by atoms with Crippen LogP contribution in [0.25, 0.3) is 16.2 Å². The van der Waals surface area contributed by atoms with Crippen molar-refractivity contribution in [3.05, 3.63) is 36.0 Å². The molecule has 2 heterocycles. The van der Waals surface area contributed by atoms with Crippen molar-refractivity contribution in [2.45, 2.75) is 26.2 Å². The molecule has 3 aromatic rings. The van der Waals surface area contributed by atoms with Gasteiger partial charge in [0.15, 0.2) is 0 Å². The van der Waals surface area contributed by atoms with Gasteiger partial charge in [0.2, 0.25) is 10.1 Å². The van der Waals surface area contributed by atoms with Crippen molar-refractivity contribution in [1.82, 2.24) is 14.6 Å². The van der Waals surface area contributed by atoms with Gasteiger partial charge < -0.3 is 5.73 Å². The van der Waals surface area contributed by atoms with Crippen LogP contribution < -0.4 is 5.73 Å². The molecule has 0 unspecified atom stereocenters. The average Bonchev–Trinajstić information content (AvgIpc) is 2.94. The predicted octanol–water partition coefficient (Wildman–Crippen LogP) is 3.38. The smallest absolute Gasteiger partial charge is 0.214 e. The number of hydrogen-bond donors (Lipinski definition) is 1. The molecule has 0 fully saturated rings. The van der Waals surface area contributed by atoms with Crippen LogP contribution in [0.15, 0.2) is 30.5 Å². The minimum atomic E-state index is 0.545. The van der Waals surface area contributed by atoms with E-state index in [-0.39, 0.29) is 0 Å². The second kappa shape index (κ2) is 5.01. The van der Waals surface area contributed by atoms with Crippen LogP contribution in [0.1, 0.15) is 25.3 Å². The molecule has 3 rings (SSSR count). The zero-order valence-corrected chi connectivity index (χ0v) is 11.7. The third-order valence-electron chi connectivity index (χ3n) is 3.13. The summed E-state index contributed by atoms with van der Waals surface area (Å²) in [5.74, 6) is 0. The third kappa shape index (κ3) is 2.46. The lowest BCUT2D eigenvalue weighted by molar-refractivity contribution is 0.795. The molecule has 98 valence electrons. The third-order valence-corrected chi connectivity index (χ3v) is 3.88. The molecular weight excluding hydrogens is 256 g/mol. The Balaban J connectivity index is 1.86. The summed E-state index contributed by atoms with van der Waals surface area (Å²) in [6.45, 7) is 2.21. The molecule has 2 N–H and O–H groups in total. The molecule has 0 spiro atoms. The zero-order chi connectivity index (χ0) is 13.2. The molecule has 4 nitrogen and oxygen atoms in total. The van der Waals surface area contributed by atoms with Gasteiger partial charge in [-0.3, -0.25) is 0 Å². The van der Waals surface area contributed by atoms with Gasteiger partial charge in [0.1, 0.15) is 0 Å². The van der Waals surface area contributed by atoms with E-state index < -0.39 is 0 Å². The first-order valence-corrected chi connectivity index (χ1v) is 7.29. The summed E-state index contributed by atoms with van der Waals surface area (Å²) in [6, 6.07) is 8.61. The molecule has 2 aromatic heterocycles. The van der Waals surface area contributed by atoms with Crippen LogP contribution >= 0.6 is 11.3 Å².